The van der Waals surface area contributed by atoms with Gasteiger partial charge in [0.2, 0.25) is 0 Å². The Morgan fingerprint density at radius 2 is 2.37 bits per heavy atom. The third-order valence-electron chi connectivity index (χ3n) is 3.04. The summed E-state index contributed by atoms with van der Waals surface area (Å²) in [5.41, 5.74) is 0. The van der Waals surface area contributed by atoms with Crippen LogP contribution in [0.3, 0.4) is 0 Å². The lowest BCUT2D eigenvalue weighted by atomic mass is 10.2. The van der Waals surface area contributed by atoms with Crippen LogP contribution in [0.15, 0.2) is 24.3 Å². The summed E-state index contributed by atoms with van der Waals surface area (Å²) in [6.45, 7) is 3.02. The number of para-hydroxylation sites is 1. The summed E-state index contributed by atoms with van der Waals surface area (Å²) in [5, 5.41) is 3.33. The van der Waals surface area contributed by atoms with Gasteiger partial charge < -0.3 is 14.8 Å². The molecule has 0 unspecified atom stereocenters. The maximum atomic E-state index is 11.9. The van der Waals surface area contributed by atoms with Gasteiger partial charge in [0.15, 0.2) is 6.10 Å². The van der Waals surface area contributed by atoms with Gasteiger partial charge in [-0.3, -0.25) is 4.79 Å². The molecule has 1 saturated heterocycles. The molecular weight excluding hydrogens is 266 g/mol. The first-order chi connectivity index (χ1) is 9.16. The zero-order chi connectivity index (χ0) is 13.7. The molecule has 2 atom stereocenters. The van der Waals surface area contributed by atoms with Gasteiger partial charge in [-0.05, 0) is 31.9 Å². The number of benzene rings is 1. The first-order valence-electron chi connectivity index (χ1n) is 6.47. The molecule has 5 heteroatoms. The minimum absolute atomic E-state index is 0.136. The lowest BCUT2D eigenvalue weighted by Gasteiger charge is -2.17. The fourth-order valence-corrected chi connectivity index (χ4v) is 2.13. The highest BCUT2D eigenvalue weighted by Gasteiger charge is 2.20. The largest absolute Gasteiger partial charge is 0.479 e. The van der Waals surface area contributed by atoms with Crippen LogP contribution in [0.5, 0.6) is 5.75 Å². The van der Waals surface area contributed by atoms with Gasteiger partial charge in [0.1, 0.15) is 5.75 Å². The van der Waals surface area contributed by atoms with Crippen LogP contribution < -0.4 is 10.1 Å². The molecule has 104 valence electrons. The SMILES string of the molecule is C[C@@H](Oc1ccccc1Cl)C(=O)NC[C@@H]1CCCO1. The zero-order valence-corrected chi connectivity index (χ0v) is 11.7. The van der Waals surface area contributed by atoms with Gasteiger partial charge >= 0.3 is 0 Å². The van der Waals surface area contributed by atoms with Crippen molar-refractivity contribution in [1.29, 1.82) is 0 Å². The number of carbonyl (C=O) groups is 1. The van der Waals surface area contributed by atoms with Gasteiger partial charge in [0.05, 0.1) is 11.1 Å². The van der Waals surface area contributed by atoms with E-state index in [0.717, 1.165) is 19.4 Å². The van der Waals surface area contributed by atoms with Crippen LogP contribution in [0.4, 0.5) is 0 Å². The van der Waals surface area contributed by atoms with E-state index in [1.807, 2.05) is 12.1 Å². The number of carbonyl (C=O) groups excluding carboxylic acids is 1. The van der Waals surface area contributed by atoms with Crippen LogP contribution in [0.1, 0.15) is 19.8 Å². The number of amides is 1. The first-order valence-corrected chi connectivity index (χ1v) is 6.85. The van der Waals surface area contributed by atoms with E-state index in [-0.39, 0.29) is 12.0 Å². The van der Waals surface area contributed by atoms with E-state index in [4.69, 9.17) is 21.1 Å². The molecule has 1 heterocycles. The summed E-state index contributed by atoms with van der Waals surface area (Å²) in [4.78, 5) is 11.9. The van der Waals surface area contributed by atoms with Gasteiger partial charge in [0, 0.05) is 13.2 Å². The molecule has 0 saturated carbocycles. The Hall–Kier alpha value is -1.26. The maximum Gasteiger partial charge on any atom is 0.260 e. The van der Waals surface area contributed by atoms with Gasteiger partial charge in [-0.2, -0.15) is 0 Å². The molecule has 1 N–H and O–H groups in total. The third kappa shape index (κ3) is 4.11. The van der Waals surface area contributed by atoms with Crippen LogP contribution in [-0.2, 0) is 9.53 Å². The summed E-state index contributed by atoms with van der Waals surface area (Å²) in [7, 11) is 0. The molecule has 0 aromatic heterocycles. The minimum Gasteiger partial charge on any atom is -0.479 e. The topological polar surface area (TPSA) is 47.6 Å². The molecule has 0 aliphatic carbocycles. The van der Waals surface area contributed by atoms with Crippen molar-refractivity contribution in [2.24, 2.45) is 0 Å². The molecule has 0 spiro atoms. The average Bonchev–Trinajstić information content (AvgIpc) is 2.91. The molecule has 0 bridgehead atoms. The summed E-state index contributed by atoms with van der Waals surface area (Å²) in [6.07, 6.45) is 1.62. The van der Waals surface area contributed by atoms with Crippen molar-refractivity contribution in [3.8, 4) is 5.75 Å². The standard InChI is InChI=1S/C14H18ClNO3/c1-10(19-13-7-3-2-6-12(13)15)14(17)16-9-11-5-4-8-18-11/h2-3,6-7,10-11H,4-5,8-9H2,1H3,(H,16,17)/t10-,11+/m1/s1. The average molecular weight is 284 g/mol. The second kappa shape index (κ2) is 6.78. The third-order valence-corrected chi connectivity index (χ3v) is 3.35. The fraction of sp³-hybridized carbons (Fsp3) is 0.500. The normalized spacial score (nSPS) is 20.0. The number of halogens is 1. The monoisotopic (exact) mass is 283 g/mol. The Kier molecular flexibility index (Phi) is 5.05. The van der Waals surface area contributed by atoms with E-state index < -0.39 is 6.10 Å². The Morgan fingerprint density at radius 1 is 1.58 bits per heavy atom. The Balaban J connectivity index is 1.80. The predicted octanol–water partition coefficient (Wildman–Crippen LogP) is 2.40. The van der Waals surface area contributed by atoms with E-state index in [9.17, 15) is 4.79 Å². The molecule has 1 amide bonds. The summed E-state index contributed by atoms with van der Waals surface area (Å²) < 4.78 is 11.0. The van der Waals surface area contributed by atoms with Crippen molar-refractivity contribution in [2.45, 2.75) is 32.0 Å². The van der Waals surface area contributed by atoms with Gasteiger partial charge in [-0.15, -0.1) is 0 Å². The number of ether oxygens (including phenoxy) is 2. The van der Waals surface area contributed by atoms with Crippen molar-refractivity contribution in [2.75, 3.05) is 13.2 Å². The Bertz CT molecular complexity index is 432. The number of nitrogens with one attached hydrogen (secondary N) is 1. The van der Waals surface area contributed by atoms with E-state index in [1.165, 1.54) is 0 Å². The van der Waals surface area contributed by atoms with Crippen LogP contribution >= 0.6 is 11.6 Å². The summed E-state index contributed by atoms with van der Waals surface area (Å²) in [5.74, 6) is 0.361. The highest BCUT2D eigenvalue weighted by molar-refractivity contribution is 6.32. The Morgan fingerprint density at radius 3 is 3.05 bits per heavy atom. The second-order valence-corrected chi connectivity index (χ2v) is 4.98. The molecule has 2 rings (SSSR count). The molecule has 4 nitrogen and oxygen atoms in total. The van der Waals surface area contributed by atoms with Crippen molar-refractivity contribution >= 4 is 17.5 Å². The zero-order valence-electron chi connectivity index (χ0n) is 10.9. The lowest BCUT2D eigenvalue weighted by Crippen LogP contribution is -2.40. The lowest BCUT2D eigenvalue weighted by molar-refractivity contribution is -0.127. The van der Waals surface area contributed by atoms with Crippen LogP contribution in [0.25, 0.3) is 0 Å². The van der Waals surface area contributed by atoms with Crippen LogP contribution in [0, 0.1) is 0 Å². The van der Waals surface area contributed by atoms with Crippen LogP contribution in [0.2, 0.25) is 5.02 Å². The van der Waals surface area contributed by atoms with E-state index in [1.54, 1.807) is 19.1 Å². The molecule has 1 fully saturated rings. The van der Waals surface area contributed by atoms with Crippen molar-refractivity contribution < 1.29 is 14.3 Å². The minimum atomic E-state index is -0.582. The highest BCUT2D eigenvalue weighted by Crippen LogP contribution is 2.24. The fourth-order valence-electron chi connectivity index (χ4n) is 1.95. The number of hydrogen-bond donors (Lipinski definition) is 1. The van der Waals surface area contributed by atoms with E-state index in [2.05, 4.69) is 5.32 Å². The first kappa shape index (κ1) is 14.2. The van der Waals surface area contributed by atoms with Crippen molar-refractivity contribution in [3.63, 3.8) is 0 Å². The van der Waals surface area contributed by atoms with E-state index >= 15 is 0 Å². The number of hydrogen-bond acceptors (Lipinski definition) is 3. The molecular formula is C14H18ClNO3. The molecule has 1 aromatic rings. The molecule has 1 aromatic carbocycles. The second-order valence-electron chi connectivity index (χ2n) is 4.57. The smallest absolute Gasteiger partial charge is 0.260 e. The molecule has 0 radical (unpaired) electrons. The summed E-state index contributed by atoms with van der Waals surface area (Å²) >= 11 is 5.98. The molecule has 1 aliphatic rings. The maximum absolute atomic E-state index is 11.9. The predicted molar refractivity (Wildman–Crippen MR) is 73.5 cm³/mol. The van der Waals surface area contributed by atoms with Gasteiger partial charge in [-0.25, -0.2) is 0 Å². The van der Waals surface area contributed by atoms with Crippen molar-refractivity contribution in [3.05, 3.63) is 29.3 Å². The van der Waals surface area contributed by atoms with E-state index in [0.29, 0.717) is 17.3 Å². The van der Waals surface area contributed by atoms with Gasteiger partial charge in [0.25, 0.3) is 5.91 Å². The molecule has 19 heavy (non-hydrogen) atoms. The van der Waals surface area contributed by atoms with Crippen LogP contribution in [-0.4, -0.2) is 31.3 Å². The van der Waals surface area contributed by atoms with Crippen molar-refractivity contribution in [1.82, 2.24) is 5.32 Å². The quantitative estimate of drug-likeness (QED) is 0.903. The molecule has 1 aliphatic heterocycles. The Labute approximate surface area is 118 Å². The summed E-state index contributed by atoms with van der Waals surface area (Å²) in [6, 6.07) is 7.11. The number of rotatable bonds is 5. The highest BCUT2D eigenvalue weighted by atomic mass is 35.5. The van der Waals surface area contributed by atoms with Gasteiger partial charge in [-0.1, -0.05) is 23.7 Å².